The maximum atomic E-state index is 12.8. The molecular formula is C22H22N2O5. The average molecular weight is 394 g/mol. The fourth-order valence-electron chi connectivity index (χ4n) is 4.19. The minimum atomic E-state index is -0.876. The summed E-state index contributed by atoms with van der Waals surface area (Å²) in [5.41, 5.74) is 1.75. The third-order valence-electron chi connectivity index (χ3n) is 5.64. The van der Waals surface area contributed by atoms with Crippen LogP contribution in [0.5, 0.6) is 5.75 Å². The van der Waals surface area contributed by atoms with Crippen LogP contribution in [0.2, 0.25) is 0 Å². The summed E-state index contributed by atoms with van der Waals surface area (Å²) in [6.45, 7) is 0.367. The zero-order valence-electron chi connectivity index (χ0n) is 16.2. The number of hydrogen-bond acceptors (Lipinski definition) is 6. The Morgan fingerprint density at radius 3 is 2.38 bits per heavy atom. The van der Waals surface area contributed by atoms with Gasteiger partial charge in [0, 0.05) is 18.7 Å². The van der Waals surface area contributed by atoms with E-state index in [-0.39, 0.29) is 11.8 Å². The van der Waals surface area contributed by atoms with Crippen LogP contribution in [0.25, 0.3) is 0 Å². The van der Waals surface area contributed by atoms with Gasteiger partial charge in [0.2, 0.25) is 11.8 Å². The predicted octanol–water partition coefficient (Wildman–Crippen LogP) is 1.68. The second-order valence-electron chi connectivity index (χ2n) is 7.24. The lowest BCUT2D eigenvalue weighted by atomic mass is 9.86. The average Bonchev–Trinajstić information content (AvgIpc) is 3.25. The van der Waals surface area contributed by atoms with Crippen LogP contribution in [0.4, 0.5) is 0 Å². The molecule has 2 aliphatic rings. The van der Waals surface area contributed by atoms with E-state index in [4.69, 9.17) is 9.47 Å². The van der Waals surface area contributed by atoms with Gasteiger partial charge in [0.1, 0.15) is 18.4 Å². The van der Waals surface area contributed by atoms with Crippen LogP contribution in [-0.4, -0.2) is 42.9 Å². The zero-order chi connectivity index (χ0) is 20.5. The van der Waals surface area contributed by atoms with E-state index in [1.807, 2.05) is 54.6 Å². The van der Waals surface area contributed by atoms with Crippen LogP contribution in [0, 0.1) is 11.8 Å². The number of rotatable bonds is 5. The molecule has 0 unspecified atom stereocenters. The molecule has 1 N–H and O–H groups in total. The molecule has 2 heterocycles. The molecule has 0 aliphatic carbocycles. The molecule has 2 fully saturated rings. The number of likely N-dealkylation sites (tertiary alicyclic amines) is 1. The Labute approximate surface area is 168 Å². The lowest BCUT2D eigenvalue weighted by molar-refractivity contribution is -0.147. The minimum Gasteiger partial charge on any atom is -0.489 e. The number of methoxy groups -OCH3 is 1. The molecule has 7 heteroatoms. The number of nitrogens with zero attached hydrogens (tertiary/aromatic N) is 1. The molecule has 150 valence electrons. The Balaban J connectivity index is 1.66. The third-order valence-corrected chi connectivity index (χ3v) is 5.64. The number of esters is 1. The summed E-state index contributed by atoms with van der Waals surface area (Å²) in [6.07, 6.45) is 0. The van der Waals surface area contributed by atoms with E-state index in [1.54, 1.807) is 0 Å². The van der Waals surface area contributed by atoms with E-state index in [9.17, 15) is 14.4 Å². The summed E-state index contributed by atoms with van der Waals surface area (Å²) >= 11 is 0. The standard InChI is InChI=1S/C22H22N2O5/c1-24-20(25)16-17(21(24)26)19(22(27)28-2)23-18(16)14-10-6-7-11-15(14)29-12-13-8-4-3-5-9-13/h3-11,16-19,23H,12H2,1-2H3/t16-,17+,18-,19-/m1/s1. The van der Waals surface area contributed by atoms with E-state index in [1.165, 1.54) is 14.2 Å². The quantitative estimate of drug-likeness (QED) is 0.614. The van der Waals surface area contributed by atoms with Crippen molar-refractivity contribution in [2.24, 2.45) is 11.8 Å². The van der Waals surface area contributed by atoms with Gasteiger partial charge in [-0.1, -0.05) is 48.5 Å². The van der Waals surface area contributed by atoms with Crippen molar-refractivity contribution < 1.29 is 23.9 Å². The first-order valence-electron chi connectivity index (χ1n) is 9.44. The fraction of sp³-hybridized carbons (Fsp3) is 0.318. The molecule has 4 atom stereocenters. The second kappa shape index (κ2) is 7.67. The van der Waals surface area contributed by atoms with E-state index < -0.39 is 29.9 Å². The minimum absolute atomic E-state index is 0.304. The summed E-state index contributed by atoms with van der Waals surface area (Å²) in [7, 11) is 2.72. The maximum absolute atomic E-state index is 12.8. The Morgan fingerprint density at radius 1 is 1.00 bits per heavy atom. The SMILES string of the molecule is COC(=O)[C@@H]1N[C@H](c2ccccc2OCc2ccccc2)[C@@H]2C(=O)N(C)C(=O)[C@@H]21. The van der Waals surface area contributed by atoms with Gasteiger partial charge in [-0.15, -0.1) is 0 Å². The van der Waals surface area contributed by atoms with E-state index in [2.05, 4.69) is 5.32 Å². The lowest BCUT2D eigenvalue weighted by Gasteiger charge is -2.22. The van der Waals surface area contributed by atoms with E-state index >= 15 is 0 Å². The molecule has 2 aromatic carbocycles. The van der Waals surface area contributed by atoms with Gasteiger partial charge >= 0.3 is 5.97 Å². The van der Waals surface area contributed by atoms with Crippen molar-refractivity contribution in [3.63, 3.8) is 0 Å². The molecule has 2 aliphatic heterocycles. The van der Waals surface area contributed by atoms with E-state index in [0.29, 0.717) is 12.4 Å². The van der Waals surface area contributed by atoms with Gasteiger partial charge in [-0.3, -0.25) is 24.6 Å². The van der Waals surface area contributed by atoms with Crippen molar-refractivity contribution in [1.29, 1.82) is 0 Å². The lowest BCUT2D eigenvalue weighted by Crippen LogP contribution is -2.42. The van der Waals surface area contributed by atoms with Crippen LogP contribution in [0.3, 0.4) is 0 Å². The molecule has 0 bridgehead atoms. The number of para-hydroxylation sites is 1. The van der Waals surface area contributed by atoms with Crippen LogP contribution in [0.15, 0.2) is 54.6 Å². The van der Waals surface area contributed by atoms with Crippen molar-refractivity contribution in [3.05, 3.63) is 65.7 Å². The normalized spacial score (nSPS) is 25.8. The highest BCUT2D eigenvalue weighted by Crippen LogP contribution is 2.45. The first kappa shape index (κ1) is 19.1. The van der Waals surface area contributed by atoms with Crippen molar-refractivity contribution in [3.8, 4) is 5.75 Å². The number of nitrogens with one attached hydrogen (secondary N) is 1. The third kappa shape index (κ3) is 3.27. The van der Waals surface area contributed by atoms with Gasteiger partial charge in [0.05, 0.1) is 18.9 Å². The second-order valence-corrected chi connectivity index (χ2v) is 7.24. The van der Waals surface area contributed by atoms with Crippen LogP contribution >= 0.6 is 0 Å². The maximum Gasteiger partial charge on any atom is 0.323 e. The van der Waals surface area contributed by atoms with Gasteiger partial charge in [-0.05, 0) is 11.6 Å². The van der Waals surface area contributed by atoms with Crippen LogP contribution < -0.4 is 10.1 Å². The number of amides is 2. The number of imide groups is 1. The first-order valence-corrected chi connectivity index (χ1v) is 9.44. The topological polar surface area (TPSA) is 84.9 Å². The summed E-state index contributed by atoms with van der Waals surface area (Å²) in [5.74, 6) is -2.09. The molecule has 0 aromatic heterocycles. The van der Waals surface area contributed by atoms with Gasteiger partial charge in [-0.25, -0.2) is 0 Å². The molecule has 2 aromatic rings. The largest absolute Gasteiger partial charge is 0.489 e. The summed E-state index contributed by atoms with van der Waals surface area (Å²) in [5, 5.41) is 3.16. The number of carbonyl (C=O) groups excluding carboxylic acids is 3. The molecule has 2 amide bonds. The highest BCUT2D eigenvalue weighted by atomic mass is 16.5. The van der Waals surface area contributed by atoms with Gasteiger partial charge in [-0.2, -0.15) is 0 Å². The number of hydrogen-bond donors (Lipinski definition) is 1. The summed E-state index contributed by atoms with van der Waals surface area (Å²) < 4.78 is 10.9. The van der Waals surface area contributed by atoms with Gasteiger partial charge in [0.25, 0.3) is 0 Å². The van der Waals surface area contributed by atoms with E-state index in [0.717, 1.165) is 16.0 Å². The smallest absolute Gasteiger partial charge is 0.323 e. The molecule has 2 saturated heterocycles. The Hall–Kier alpha value is -3.19. The van der Waals surface area contributed by atoms with Crippen molar-refractivity contribution in [2.45, 2.75) is 18.7 Å². The van der Waals surface area contributed by atoms with Crippen LogP contribution in [-0.2, 0) is 25.7 Å². The molecule has 29 heavy (non-hydrogen) atoms. The fourth-order valence-corrected chi connectivity index (χ4v) is 4.19. The Kier molecular flexibility index (Phi) is 5.07. The van der Waals surface area contributed by atoms with Gasteiger partial charge < -0.3 is 9.47 Å². The molecular weight excluding hydrogens is 372 g/mol. The number of benzene rings is 2. The van der Waals surface area contributed by atoms with Crippen molar-refractivity contribution in [2.75, 3.05) is 14.2 Å². The summed E-state index contributed by atoms with van der Waals surface area (Å²) in [4.78, 5) is 38.8. The van der Waals surface area contributed by atoms with Crippen molar-refractivity contribution >= 4 is 17.8 Å². The number of carbonyl (C=O) groups is 3. The molecule has 7 nitrogen and oxygen atoms in total. The molecule has 0 saturated carbocycles. The predicted molar refractivity (Wildman–Crippen MR) is 104 cm³/mol. The molecule has 0 spiro atoms. The van der Waals surface area contributed by atoms with Gasteiger partial charge in [0.15, 0.2) is 0 Å². The Bertz CT molecular complexity index is 945. The summed E-state index contributed by atoms with van der Waals surface area (Å²) in [6, 6.07) is 15.7. The number of fused-ring (bicyclic) bond motifs is 1. The highest BCUT2D eigenvalue weighted by Gasteiger charge is 2.60. The highest BCUT2D eigenvalue weighted by molar-refractivity contribution is 6.08. The van der Waals surface area contributed by atoms with Crippen molar-refractivity contribution in [1.82, 2.24) is 10.2 Å². The molecule has 4 rings (SSSR count). The number of ether oxygens (including phenoxy) is 2. The molecule has 0 radical (unpaired) electrons. The van der Waals surface area contributed by atoms with Crippen LogP contribution in [0.1, 0.15) is 17.2 Å². The zero-order valence-corrected chi connectivity index (χ0v) is 16.2. The monoisotopic (exact) mass is 394 g/mol. The Morgan fingerprint density at radius 2 is 1.66 bits per heavy atom. The first-order chi connectivity index (χ1) is 14.0.